The van der Waals surface area contributed by atoms with Gasteiger partial charge in [-0.25, -0.2) is 9.97 Å². The Labute approximate surface area is 193 Å². The minimum atomic E-state index is 0.347. The smallest absolute Gasteiger partial charge is 0.158 e. The van der Waals surface area contributed by atoms with Gasteiger partial charge in [-0.15, -0.1) is 11.3 Å². The van der Waals surface area contributed by atoms with Crippen molar-refractivity contribution in [2.75, 3.05) is 5.43 Å². The zero-order chi connectivity index (χ0) is 22.3. The highest BCUT2D eigenvalue weighted by Gasteiger charge is 2.33. The molecule has 4 aromatic rings. The number of hydrazone groups is 1. The molecule has 2 aromatic carbocycles. The molecule has 1 aliphatic rings. The van der Waals surface area contributed by atoms with E-state index in [1.807, 2.05) is 18.3 Å². The number of hydrogen-bond acceptors (Lipinski definition) is 5. The molecule has 2 aromatic heterocycles. The Balaban J connectivity index is 1.47. The van der Waals surface area contributed by atoms with Crippen molar-refractivity contribution in [3.05, 3.63) is 64.8 Å². The van der Waals surface area contributed by atoms with Crippen LogP contribution in [0.5, 0.6) is 0 Å². The zero-order valence-electron chi connectivity index (χ0n) is 19.3. The minimum absolute atomic E-state index is 0.347. The number of thiophene rings is 1. The summed E-state index contributed by atoms with van der Waals surface area (Å²) in [6.07, 6.45) is 6.36. The van der Waals surface area contributed by atoms with Gasteiger partial charge in [-0.3, -0.25) is 5.43 Å². The molecule has 2 heterocycles. The zero-order valence-corrected chi connectivity index (χ0v) is 20.1. The molecule has 164 valence electrons. The molecule has 1 aliphatic carbocycles. The molecule has 0 bridgehead atoms. The van der Waals surface area contributed by atoms with Gasteiger partial charge in [0.25, 0.3) is 0 Å². The highest BCUT2D eigenvalue weighted by atomic mass is 32.1. The van der Waals surface area contributed by atoms with Gasteiger partial charge in [-0.05, 0) is 65.5 Å². The number of benzene rings is 2. The lowest BCUT2D eigenvalue weighted by Gasteiger charge is -2.36. The Morgan fingerprint density at radius 2 is 1.97 bits per heavy atom. The number of aryl methyl sites for hydroxylation is 1. The Morgan fingerprint density at radius 3 is 2.78 bits per heavy atom. The van der Waals surface area contributed by atoms with Crippen LogP contribution in [-0.2, 0) is 12.8 Å². The molecule has 1 atom stereocenters. The third-order valence-corrected chi connectivity index (χ3v) is 8.55. The second-order valence-corrected chi connectivity index (χ2v) is 10.6. The average molecular weight is 443 g/mol. The molecule has 0 saturated heterocycles. The van der Waals surface area contributed by atoms with Crippen LogP contribution in [0.2, 0.25) is 0 Å². The standard InChI is InChI=1S/C27H30N4S/c1-5-27(3,4)21-12-13-23-22(15-21)24-25(28-16-29-26(24)32-23)31-30-17(2)19-11-10-18-8-6-7-9-20(18)14-19/h6-11,14,16,21H,5,12-13,15H2,1-4H3,(H,28,29,31)/b30-17-/t21-/m1/s1. The molecule has 32 heavy (non-hydrogen) atoms. The van der Waals surface area contributed by atoms with Crippen LogP contribution in [0.4, 0.5) is 5.82 Å². The van der Waals surface area contributed by atoms with Gasteiger partial charge in [0.05, 0.1) is 11.1 Å². The van der Waals surface area contributed by atoms with Gasteiger partial charge in [0.1, 0.15) is 11.2 Å². The summed E-state index contributed by atoms with van der Waals surface area (Å²) in [4.78, 5) is 11.7. The summed E-state index contributed by atoms with van der Waals surface area (Å²) in [5.74, 6) is 1.51. The minimum Gasteiger partial charge on any atom is -0.260 e. The fourth-order valence-electron chi connectivity index (χ4n) is 4.76. The first kappa shape index (κ1) is 21.1. The second-order valence-electron chi connectivity index (χ2n) is 9.56. The molecular formula is C27H30N4S. The summed E-state index contributed by atoms with van der Waals surface area (Å²) in [5, 5.41) is 8.34. The summed E-state index contributed by atoms with van der Waals surface area (Å²) >= 11 is 1.83. The third-order valence-electron chi connectivity index (χ3n) is 7.35. The number of nitrogens with zero attached hydrogens (tertiary/aromatic N) is 3. The van der Waals surface area contributed by atoms with Crippen LogP contribution in [0.1, 0.15) is 56.5 Å². The lowest BCUT2D eigenvalue weighted by molar-refractivity contribution is 0.184. The molecule has 4 nitrogen and oxygen atoms in total. The van der Waals surface area contributed by atoms with Crippen molar-refractivity contribution >= 4 is 43.9 Å². The van der Waals surface area contributed by atoms with Crippen molar-refractivity contribution in [3.8, 4) is 0 Å². The van der Waals surface area contributed by atoms with Crippen molar-refractivity contribution in [1.82, 2.24) is 9.97 Å². The Hall–Kier alpha value is -2.79. The summed E-state index contributed by atoms with van der Waals surface area (Å²) in [7, 11) is 0. The third kappa shape index (κ3) is 3.79. The van der Waals surface area contributed by atoms with E-state index in [2.05, 4.69) is 78.6 Å². The van der Waals surface area contributed by atoms with Crippen LogP contribution < -0.4 is 5.43 Å². The molecule has 0 amide bonds. The van der Waals surface area contributed by atoms with E-state index in [0.717, 1.165) is 34.8 Å². The molecule has 0 spiro atoms. The van der Waals surface area contributed by atoms with Crippen molar-refractivity contribution < 1.29 is 0 Å². The van der Waals surface area contributed by atoms with E-state index in [9.17, 15) is 0 Å². The van der Waals surface area contributed by atoms with Gasteiger partial charge < -0.3 is 0 Å². The van der Waals surface area contributed by atoms with Crippen LogP contribution in [0.25, 0.3) is 21.0 Å². The quantitative estimate of drug-likeness (QED) is 0.262. The van der Waals surface area contributed by atoms with E-state index in [4.69, 9.17) is 5.10 Å². The Kier molecular flexibility index (Phi) is 5.46. The van der Waals surface area contributed by atoms with Crippen LogP contribution in [0.15, 0.2) is 53.9 Å². The van der Waals surface area contributed by atoms with Crippen molar-refractivity contribution in [2.45, 2.75) is 53.4 Å². The molecule has 0 radical (unpaired) electrons. The number of fused-ring (bicyclic) bond motifs is 4. The van der Waals surface area contributed by atoms with Crippen molar-refractivity contribution in [3.63, 3.8) is 0 Å². The molecule has 0 unspecified atom stereocenters. The van der Waals surface area contributed by atoms with Crippen molar-refractivity contribution in [1.29, 1.82) is 0 Å². The first-order valence-electron chi connectivity index (χ1n) is 11.5. The molecular weight excluding hydrogens is 412 g/mol. The van der Waals surface area contributed by atoms with E-state index in [-0.39, 0.29) is 0 Å². The van der Waals surface area contributed by atoms with Gasteiger partial charge in [-0.1, -0.05) is 63.6 Å². The van der Waals surface area contributed by atoms with E-state index >= 15 is 0 Å². The second kappa shape index (κ2) is 8.28. The molecule has 0 fully saturated rings. The average Bonchev–Trinajstić information content (AvgIpc) is 3.20. The molecule has 1 N–H and O–H groups in total. The largest absolute Gasteiger partial charge is 0.260 e. The Bertz CT molecular complexity index is 1320. The van der Waals surface area contributed by atoms with Crippen LogP contribution in [0, 0.1) is 11.3 Å². The van der Waals surface area contributed by atoms with E-state index in [0.29, 0.717) is 11.3 Å². The normalized spacial score (nSPS) is 17.0. The monoisotopic (exact) mass is 442 g/mol. The lowest BCUT2D eigenvalue weighted by Crippen LogP contribution is -2.28. The van der Waals surface area contributed by atoms with E-state index in [1.165, 1.54) is 39.4 Å². The summed E-state index contributed by atoms with van der Waals surface area (Å²) in [5.41, 5.74) is 7.11. The maximum absolute atomic E-state index is 4.72. The summed E-state index contributed by atoms with van der Waals surface area (Å²) in [6, 6.07) is 14.9. The molecule has 5 heteroatoms. The maximum atomic E-state index is 4.72. The highest BCUT2D eigenvalue weighted by Crippen LogP contribution is 2.45. The summed E-state index contributed by atoms with van der Waals surface area (Å²) < 4.78 is 0. The first-order valence-corrected chi connectivity index (χ1v) is 12.3. The summed E-state index contributed by atoms with van der Waals surface area (Å²) in [6.45, 7) is 9.16. The van der Waals surface area contributed by atoms with Gasteiger partial charge in [0.2, 0.25) is 0 Å². The SMILES string of the molecule is CCC(C)(C)[C@@H]1CCc2sc3ncnc(N/N=C(/C)c4ccc5ccccc5c4)c3c2C1. The van der Waals surface area contributed by atoms with E-state index < -0.39 is 0 Å². The predicted octanol–water partition coefficient (Wildman–Crippen LogP) is 7.22. The number of aromatic nitrogens is 2. The maximum Gasteiger partial charge on any atom is 0.158 e. The lowest BCUT2D eigenvalue weighted by atomic mass is 9.69. The first-order chi connectivity index (χ1) is 15.5. The fourth-order valence-corrected chi connectivity index (χ4v) is 5.95. The van der Waals surface area contributed by atoms with Gasteiger partial charge in [0.15, 0.2) is 5.82 Å². The topological polar surface area (TPSA) is 50.2 Å². The number of anilines is 1. The molecule has 0 aliphatic heterocycles. The molecule has 5 rings (SSSR count). The number of rotatable bonds is 5. The molecule has 0 saturated carbocycles. The van der Waals surface area contributed by atoms with E-state index in [1.54, 1.807) is 6.33 Å². The highest BCUT2D eigenvalue weighted by molar-refractivity contribution is 7.19. The fraction of sp³-hybridized carbons (Fsp3) is 0.370. The van der Waals surface area contributed by atoms with Gasteiger partial charge in [0, 0.05) is 4.88 Å². The van der Waals surface area contributed by atoms with Crippen molar-refractivity contribution in [2.24, 2.45) is 16.4 Å². The predicted molar refractivity (Wildman–Crippen MR) is 137 cm³/mol. The van der Waals surface area contributed by atoms with Crippen LogP contribution >= 0.6 is 11.3 Å². The van der Waals surface area contributed by atoms with Crippen LogP contribution in [-0.4, -0.2) is 15.7 Å². The van der Waals surface area contributed by atoms with Gasteiger partial charge >= 0.3 is 0 Å². The number of nitrogens with one attached hydrogen (secondary N) is 1. The van der Waals surface area contributed by atoms with Gasteiger partial charge in [-0.2, -0.15) is 5.10 Å². The van der Waals surface area contributed by atoms with Crippen LogP contribution in [0.3, 0.4) is 0 Å². The number of hydrogen-bond donors (Lipinski definition) is 1. The Morgan fingerprint density at radius 1 is 1.16 bits per heavy atom.